The van der Waals surface area contributed by atoms with Crippen molar-refractivity contribution >= 4 is 50.0 Å². The number of allylic oxidation sites excluding steroid dienone is 2. The molecular formula is C28H29BrN4O3. The van der Waals surface area contributed by atoms with Gasteiger partial charge in [-0.3, -0.25) is 9.78 Å². The lowest BCUT2D eigenvalue weighted by Gasteiger charge is -2.46. The van der Waals surface area contributed by atoms with Gasteiger partial charge in [-0.2, -0.15) is 0 Å². The van der Waals surface area contributed by atoms with Crippen molar-refractivity contribution in [2.24, 2.45) is 5.41 Å². The van der Waals surface area contributed by atoms with Crippen LogP contribution in [0.4, 0.5) is 11.5 Å². The van der Waals surface area contributed by atoms with E-state index in [1.165, 1.54) is 0 Å². The summed E-state index contributed by atoms with van der Waals surface area (Å²) in [6.45, 7) is 2.11. The Labute approximate surface area is 218 Å². The number of aromatic nitrogens is 2. The fourth-order valence-electron chi connectivity index (χ4n) is 5.24. The SMILES string of the molecule is CCOC(=O)C(Cc1ccc(Nc2nccc3ccncc23)cc1)NC1=C(Br)C(=O)C12CCCCC2. The maximum Gasteiger partial charge on any atom is 0.328 e. The number of Topliss-reactive ketones (excluding diaryl/α,β-unsaturated/α-hetero) is 1. The van der Waals surface area contributed by atoms with Gasteiger partial charge in [0.2, 0.25) is 0 Å². The summed E-state index contributed by atoms with van der Waals surface area (Å²) in [5, 5.41) is 8.78. The quantitative estimate of drug-likeness (QED) is 0.355. The molecule has 36 heavy (non-hydrogen) atoms. The summed E-state index contributed by atoms with van der Waals surface area (Å²) in [4.78, 5) is 34.3. The number of rotatable bonds is 8. The molecule has 2 aliphatic carbocycles. The molecule has 0 amide bonds. The predicted molar refractivity (Wildman–Crippen MR) is 143 cm³/mol. The van der Waals surface area contributed by atoms with Gasteiger partial charge in [-0.1, -0.05) is 31.4 Å². The van der Waals surface area contributed by atoms with Gasteiger partial charge in [-0.15, -0.1) is 0 Å². The first-order valence-corrected chi connectivity index (χ1v) is 13.2. The van der Waals surface area contributed by atoms with Crippen molar-refractivity contribution < 1.29 is 14.3 Å². The minimum absolute atomic E-state index is 0.153. The van der Waals surface area contributed by atoms with Crippen molar-refractivity contribution in [2.45, 2.75) is 51.5 Å². The number of nitrogens with zero attached hydrogens (tertiary/aromatic N) is 2. The van der Waals surface area contributed by atoms with Gasteiger partial charge in [-0.25, -0.2) is 9.78 Å². The van der Waals surface area contributed by atoms with Gasteiger partial charge in [0.15, 0.2) is 5.78 Å². The van der Waals surface area contributed by atoms with Crippen LogP contribution in [0.2, 0.25) is 0 Å². The van der Waals surface area contributed by atoms with Gasteiger partial charge in [0.05, 0.1) is 16.5 Å². The second-order valence-corrected chi connectivity index (χ2v) is 10.2. The molecule has 7 nitrogen and oxygen atoms in total. The molecule has 2 heterocycles. The molecule has 1 saturated carbocycles. The van der Waals surface area contributed by atoms with E-state index in [0.29, 0.717) is 17.5 Å². The highest BCUT2D eigenvalue weighted by Crippen LogP contribution is 2.53. The number of ether oxygens (including phenoxy) is 1. The van der Waals surface area contributed by atoms with Crippen molar-refractivity contribution in [3.63, 3.8) is 0 Å². The molecule has 1 unspecified atom stereocenters. The number of carbonyl (C=O) groups is 2. The van der Waals surface area contributed by atoms with Crippen LogP contribution in [0.1, 0.15) is 44.6 Å². The fraction of sp³-hybridized carbons (Fsp3) is 0.357. The number of esters is 1. The van der Waals surface area contributed by atoms with Gasteiger partial charge in [0.25, 0.3) is 0 Å². The van der Waals surface area contributed by atoms with E-state index in [1.807, 2.05) is 36.4 Å². The van der Waals surface area contributed by atoms with Crippen molar-refractivity contribution in [1.82, 2.24) is 15.3 Å². The number of benzene rings is 1. The van der Waals surface area contributed by atoms with Crippen molar-refractivity contribution in [2.75, 3.05) is 11.9 Å². The van der Waals surface area contributed by atoms with Gasteiger partial charge in [0, 0.05) is 41.8 Å². The average molecular weight is 549 g/mol. The summed E-state index contributed by atoms with van der Waals surface area (Å²) in [5.41, 5.74) is 2.26. The zero-order valence-corrected chi connectivity index (χ0v) is 21.8. The second-order valence-electron chi connectivity index (χ2n) is 9.39. The highest BCUT2D eigenvalue weighted by Gasteiger charge is 2.53. The van der Waals surface area contributed by atoms with Crippen LogP contribution in [-0.4, -0.2) is 34.4 Å². The number of carbonyl (C=O) groups excluding carboxylic acids is 2. The fourth-order valence-corrected chi connectivity index (χ4v) is 6.11. The first kappa shape index (κ1) is 24.4. The van der Waals surface area contributed by atoms with Gasteiger partial charge >= 0.3 is 5.97 Å². The lowest BCUT2D eigenvalue weighted by Crippen LogP contribution is -2.53. The highest BCUT2D eigenvalue weighted by molar-refractivity contribution is 9.12. The normalized spacial score (nSPS) is 17.6. The third kappa shape index (κ3) is 4.62. The molecule has 1 spiro atoms. The Bertz CT molecular complexity index is 1310. The van der Waals surface area contributed by atoms with Crippen LogP contribution in [0.5, 0.6) is 0 Å². The van der Waals surface area contributed by atoms with E-state index in [0.717, 1.165) is 65.6 Å². The summed E-state index contributed by atoms with van der Waals surface area (Å²) < 4.78 is 5.94. The Morgan fingerprint density at radius 1 is 1.11 bits per heavy atom. The van der Waals surface area contributed by atoms with Gasteiger partial charge in [-0.05, 0) is 70.9 Å². The van der Waals surface area contributed by atoms with Gasteiger partial charge in [0.1, 0.15) is 11.9 Å². The number of nitrogens with one attached hydrogen (secondary N) is 2. The average Bonchev–Trinajstić information content (AvgIpc) is 2.92. The molecule has 0 radical (unpaired) electrons. The topological polar surface area (TPSA) is 93.2 Å². The summed E-state index contributed by atoms with van der Waals surface area (Å²) in [7, 11) is 0. The van der Waals surface area contributed by atoms with E-state index in [2.05, 4.69) is 36.5 Å². The summed E-state index contributed by atoms with van der Waals surface area (Å²) in [6, 6.07) is 11.3. The first-order valence-electron chi connectivity index (χ1n) is 12.4. The number of fused-ring (bicyclic) bond motifs is 1. The third-order valence-electron chi connectivity index (χ3n) is 7.15. The van der Waals surface area contributed by atoms with Crippen LogP contribution in [0, 0.1) is 5.41 Å². The van der Waals surface area contributed by atoms with E-state index >= 15 is 0 Å². The second kappa shape index (κ2) is 10.4. The van der Waals surface area contributed by atoms with E-state index < -0.39 is 11.5 Å². The molecule has 186 valence electrons. The number of hydrogen-bond donors (Lipinski definition) is 2. The largest absolute Gasteiger partial charge is 0.464 e. The number of halogens is 1. The summed E-state index contributed by atoms with van der Waals surface area (Å²) in [6.07, 6.45) is 10.6. The van der Waals surface area contributed by atoms with Crippen LogP contribution in [0.3, 0.4) is 0 Å². The Morgan fingerprint density at radius 2 is 1.86 bits per heavy atom. The Hall–Kier alpha value is -3.26. The number of ketones is 1. The maximum absolute atomic E-state index is 12.9. The number of pyridine rings is 2. The molecule has 1 atom stereocenters. The van der Waals surface area contributed by atoms with E-state index in [4.69, 9.17) is 4.74 Å². The molecule has 2 aromatic heterocycles. The van der Waals surface area contributed by atoms with E-state index in [1.54, 1.807) is 25.5 Å². The Morgan fingerprint density at radius 3 is 2.61 bits per heavy atom. The van der Waals surface area contributed by atoms with Gasteiger partial charge < -0.3 is 15.4 Å². The lowest BCUT2D eigenvalue weighted by atomic mass is 9.62. The molecule has 3 aromatic rings. The minimum atomic E-state index is -0.580. The summed E-state index contributed by atoms with van der Waals surface area (Å²) >= 11 is 3.46. The molecular weight excluding hydrogens is 520 g/mol. The number of anilines is 2. The Kier molecular flexibility index (Phi) is 7.05. The third-order valence-corrected chi connectivity index (χ3v) is 7.91. The highest BCUT2D eigenvalue weighted by atomic mass is 79.9. The van der Waals surface area contributed by atoms with Crippen LogP contribution >= 0.6 is 15.9 Å². The van der Waals surface area contributed by atoms with Crippen molar-refractivity contribution in [3.8, 4) is 0 Å². The number of hydrogen-bond acceptors (Lipinski definition) is 7. The lowest BCUT2D eigenvalue weighted by molar-refractivity contribution is -0.146. The first-order chi connectivity index (χ1) is 17.5. The minimum Gasteiger partial charge on any atom is -0.464 e. The molecule has 8 heteroatoms. The van der Waals surface area contributed by atoms with Crippen LogP contribution in [0.15, 0.2) is 65.2 Å². The van der Waals surface area contributed by atoms with Crippen LogP contribution in [0.25, 0.3) is 10.8 Å². The van der Waals surface area contributed by atoms with Crippen LogP contribution < -0.4 is 10.6 Å². The molecule has 2 N–H and O–H groups in total. The summed E-state index contributed by atoms with van der Waals surface area (Å²) in [5.74, 6) is 0.578. The molecule has 1 aromatic carbocycles. The molecule has 0 saturated heterocycles. The maximum atomic E-state index is 12.9. The van der Waals surface area contributed by atoms with Crippen LogP contribution in [-0.2, 0) is 20.7 Å². The molecule has 1 fully saturated rings. The monoisotopic (exact) mass is 548 g/mol. The molecule has 0 bridgehead atoms. The zero-order valence-electron chi connectivity index (χ0n) is 20.2. The zero-order chi connectivity index (χ0) is 25.1. The van der Waals surface area contributed by atoms with Crippen molar-refractivity contribution in [1.29, 1.82) is 0 Å². The van der Waals surface area contributed by atoms with Crippen molar-refractivity contribution in [3.05, 3.63) is 70.7 Å². The van der Waals surface area contributed by atoms with E-state index in [-0.39, 0.29) is 11.8 Å². The molecule has 2 aliphatic rings. The smallest absolute Gasteiger partial charge is 0.328 e. The molecule has 5 rings (SSSR count). The molecule has 0 aliphatic heterocycles. The predicted octanol–water partition coefficient (Wildman–Crippen LogP) is 5.58. The standard InChI is InChI=1S/C28H29BrN4O3/c1-2-36-27(35)22(33-24-23(29)25(34)28(24)12-4-3-5-13-28)16-18-6-8-20(9-7-18)32-26-21-17-30-14-10-19(21)11-15-31-26/h6-11,14-15,17,22,33H,2-5,12-13,16H2,1H3,(H,31,32). The Balaban J connectivity index is 1.33. The van der Waals surface area contributed by atoms with E-state index in [9.17, 15) is 9.59 Å².